The number of hydrogen-bond acceptors (Lipinski definition) is 5. The van der Waals surface area contributed by atoms with Gasteiger partial charge in [0.2, 0.25) is 0 Å². The fourth-order valence-electron chi connectivity index (χ4n) is 13.6. The second kappa shape index (κ2) is 18.4. The van der Waals surface area contributed by atoms with E-state index in [-0.39, 0.29) is 0 Å². The lowest BCUT2D eigenvalue weighted by atomic mass is 9.83. The van der Waals surface area contributed by atoms with Crippen molar-refractivity contribution in [3.05, 3.63) is 358 Å². The molecule has 16 rings (SSSR count). The third kappa shape index (κ3) is 7.14. The Bertz CT molecular complexity index is 3960. The lowest BCUT2D eigenvalue weighted by Crippen LogP contribution is -2.26. The molecule has 0 bridgehead atoms. The average molecular weight is 1050 g/mol. The van der Waals surface area contributed by atoms with Crippen molar-refractivity contribution in [3.8, 4) is 67.1 Å². The van der Waals surface area contributed by atoms with Crippen LogP contribution >= 0.6 is 0 Å². The van der Waals surface area contributed by atoms with E-state index >= 15 is 0 Å². The number of ether oxygens (including phenoxy) is 1. The molecule has 0 spiro atoms. The summed E-state index contributed by atoms with van der Waals surface area (Å²) in [6.45, 7) is 0. The van der Waals surface area contributed by atoms with Gasteiger partial charge in [-0.2, -0.15) is 0 Å². The Morgan fingerprint density at radius 1 is 0.185 bits per heavy atom. The largest absolute Gasteiger partial charge is 0.457 e. The Morgan fingerprint density at radius 3 is 0.531 bits per heavy atom. The number of benzene rings is 12. The van der Waals surface area contributed by atoms with E-state index in [1.807, 2.05) is 218 Å². The van der Waals surface area contributed by atoms with Gasteiger partial charge in [0, 0.05) is 44.5 Å². The monoisotopic (exact) mass is 1040 g/mol. The molecule has 0 atom stereocenters. The van der Waals surface area contributed by atoms with E-state index in [4.69, 9.17) is 4.74 Å². The van der Waals surface area contributed by atoms with Gasteiger partial charge in [0.15, 0.2) is 0 Å². The molecule has 4 aliphatic rings. The molecule has 5 heteroatoms. The van der Waals surface area contributed by atoms with Crippen LogP contribution in [-0.4, -0.2) is 20.4 Å². The van der Waals surface area contributed by atoms with E-state index in [9.17, 15) is 20.4 Å². The van der Waals surface area contributed by atoms with Crippen molar-refractivity contribution in [2.24, 2.45) is 0 Å². The van der Waals surface area contributed by atoms with Gasteiger partial charge < -0.3 is 25.2 Å². The Hall–Kier alpha value is -9.72. The quantitative estimate of drug-likeness (QED) is 0.128. The van der Waals surface area contributed by atoms with E-state index in [1.54, 1.807) is 0 Å². The second-order valence-electron chi connectivity index (χ2n) is 21.5. The highest BCUT2D eigenvalue weighted by Gasteiger charge is 2.46. The van der Waals surface area contributed by atoms with Crippen LogP contribution in [0.4, 0.5) is 0 Å². The first-order valence-electron chi connectivity index (χ1n) is 27.5. The van der Waals surface area contributed by atoms with E-state index in [0.717, 1.165) is 122 Å². The molecule has 12 aromatic rings. The van der Waals surface area contributed by atoms with Crippen LogP contribution in [0.2, 0.25) is 0 Å². The van der Waals surface area contributed by atoms with Crippen molar-refractivity contribution in [1.29, 1.82) is 0 Å². The predicted octanol–water partition coefficient (Wildman–Crippen LogP) is 15.9. The van der Waals surface area contributed by atoms with Gasteiger partial charge in [0.25, 0.3) is 0 Å². The zero-order valence-electron chi connectivity index (χ0n) is 43.9. The molecule has 5 nitrogen and oxygen atoms in total. The second-order valence-corrected chi connectivity index (χ2v) is 21.5. The smallest absolute Gasteiger partial charge is 0.141 e. The molecule has 4 aliphatic carbocycles. The van der Waals surface area contributed by atoms with E-state index in [2.05, 4.69) is 72.8 Å². The van der Waals surface area contributed by atoms with E-state index < -0.39 is 22.4 Å². The van der Waals surface area contributed by atoms with E-state index in [1.165, 1.54) is 0 Å². The number of rotatable bonds is 7. The van der Waals surface area contributed by atoms with Crippen LogP contribution in [0.15, 0.2) is 291 Å². The van der Waals surface area contributed by atoms with Gasteiger partial charge in [-0.3, -0.25) is 0 Å². The lowest BCUT2D eigenvalue weighted by molar-refractivity contribution is 0.130. The topological polar surface area (TPSA) is 90.2 Å². The summed E-state index contributed by atoms with van der Waals surface area (Å²) in [7, 11) is 0. The minimum absolute atomic E-state index is 0.667. The standard InChI is InChI=1S/C38H26O3.C38H26O2/c39-37(33-13-5-1-9-29(33)30-10-2-6-14-34(30)37)25-17-21-27(22-18-25)41-28-23-19-26(20-24-28)38(40)35-15-7-3-11-31(35)32-12-4-8-16-36(32)38;39-37(33-13-5-1-9-29(33)30-10-2-6-14-34(30)37)27-21-17-25(18-22-27)26-19-23-28(24-20-26)38(40)35-15-7-3-11-31(35)32-12-4-8-16-36(32)38/h1-24,39-40H;1-24,39-40H. The molecule has 4 N–H and O–H groups in total. The lowest BCUT2D eigenvalue weighted by Gasteiger charge is -2.27. The third-order valence-corrected chi connectivity index (χ3v) is 17.4. The van der Waals surface area contributed by atoms with Gasteiger partial charge in [-0.25, -0.2) is 0 Å². The molecule has 81 heavy (non-hydrogen) atoms. The molecule has 0 amide bonds. The zero-order valence-corrected chi connectivity index (χ0v) is 43.9. The highest BCUT2D eigenvalue weighted by Crippen LogP contribution is 2.55. The highest BCUT2D eigenvalue weighted by molar-refractivity contribution is 5.86. The summed E-state index contributed by atoms with van der Waals surface area (Å²) in [4.78, 5) is 0. The summed E-state index contributed by atoms with van der Waals surface area (Å²) in [5, 5.41) is 48.5. The predicted molar refractivity (Wildman–Crippen MR) is 321 cm³/mol. The number of fused-ring (bicyclic) bond motifs is 12. The average Bonchev–Trinajstić information content (AvgIpc) is 4.05. The van der Waals surface area contributed by atoms with Gasteiger partial charge in [-0.1, -0.05) is 267 Å². The maximum atomic E-state index is 12.1. The number of hydrogen-bond donors (Lipinski definition) is 4. The molecule has 0 heterocycles. The van der Waals surface area contributed by atoms with Crippen molar-refractivity contribution >= 4 is 0 Å². The Labute approximate surface area is 470 Å². The molecule has 0 aliphatic heterocycles. The van der Waals surface area contributed by atoms with Crippen molar-refractivity contribution in [1.82, 2.24) is 0 Å². The summed E-state index contributed by atoms with van der Waals surface area (Å²) in [6, 6.07) is 96.2. The Morgan fingerprint density at radius 2 is 0.346 bits per heavy atom. The summed E-state index contributed by atoms with van der Waals surface area (Å²) < 4.78 is 6.19. The van der Waals surface area contributed by atoms with Gasteiger partial charge in [0.1, 0.15) is 33.9 Å². The highest BCUT2D eigenvalue weighted by atomic mass is 16.5. The minimum atomic E-state index is -1.23. The Balaban J connectivity index is 0.000000139. The molecular weight excluding hydrogens is 993 g/mol. The maximum Gasteiger partial charge on any atom is 0.141 e. The van der Waals surface area contributed by atoms with Crippen LogP contribution in [0.5, 0.6) is 11.5 Å². The van der Waals surface area contributed by atoms with Crippen LogP contribution in [0.25, 0.3) is 55.6 Å². The SMILES string of the molecule is OC1(c2ccc(-c3ccc(C4(O)c5ccccc5-c5ccccc54)cc3)cc2)c2ccccc2-c2ccccc21.OC1(c2ccc(Oc3ccc(C4(O)c5ccccc5-c5ccccc54)cc3)cc2)c2ccccc2-c2ccccc21. The molecule has 0 fully saturated rings. The first-order valence-corrected chi connectivity index (χ1v) is 27.5. The van der Waals surface area contributed by atoms with Crippen LogP contribution in [0.3, 0.4) is 0 Å². The van der Waals surface area contributed by atoms with Crippen LogP contribution in [0, 0.1) is 0 Å². The maximum absolute atomic E-state index is 12.1. The van der Waals surface area contributed by atoms with Crippen molar-refractivity contribution in [2.75, 3.05) is 0 Å². The summed E-state index contributed by atoms with van der Waals surface area (Å²) in [6.07, 6.45) is 0. The third-order valence-electron chi connectivity index (χ3n) is 17.4. The van der Waals surface area contributed by atoms with Gasteiger partial charge in [-0.15, -0.1) is 0 Å². The van der Waals surface area contributed by atoms with Gasteiger partial charge in [0.05, 0.1) is 0 Å². The Kier molecular flexibility index (Phi) is 11.0. The molecule has 386 valence electrons. The van der Waals surface area contributed by atoms with Crippen molar-refractivity contribution in [3.63, 3.8) is 0 Å². The molecule has 0 unspecified atom stereocenters. The van der Waals surface area contributed by atoms with Crippen LogP contribution in [0.1, 0.15) is 66.8 Å². The molecule has 0 saturated carbocycles. The normalized spacial score (nSPS) is 15.1. The van der Waals surface area contributed by atoms with Crippen molar-refractivity contribution in [2.45, 2.75) is 22.4 Å². The summed E-state index contributed by atoms with van der Waals surface area (Å²) >= 11 is 0. The molecule has 0 aromatic heterocycles. The molecular formula is C76H52O5. The van der Waals surface area contributed by atoms with Gasteiger partial charge in [-0.05, 0) is 102 Å². The van der Waals surface area contributed by atoms with Crippen LogP contribution in [-0.2, 0) is 22.4 Å². The zero-order chi connectivity index (χ0) is 54.5. The van der Waals surface area contributed by atoms with Crippen LogP contribution < -0.4 is 4.74 Å². The molecule has 0 saturated heterocycles. The minimum Gasteiger partial charge on any atom is -0.457 e. The van der Waals surface area contributed by atoms with Crippen molar-refractivity contribution < 1.29 is 25.2 Å². The van der Waals surface area contributed by atoms with E-state index in [0.29, 0.717) is 11.5 Å². The molecule has 0 radical (unpaired) electrons. The fourth-order valence-corrected chi connectivity index (χ4v) is 13.6. The summed E-state index contributed by atoms with van der Waals surface area (Å²) in [5.74, 6) is 1.33. The summed E-state index contributed by atoms with van der Waals surface area (Å²) in [5.41, 5.74) is 16.3. The molecule has 12 aromatic carbocycles. The van der Waals surface area contributed by atoms with Gasteiger partial charge >= 0.3 is 0 Å². The number of aliphatic hydroxyl groups is 4. The fraction of sp³-hybridized carbons (Fsp3) is 0.0526. The first kappa shape index (κ1) is 48.4. The first-order chi connectivity index (χ1) is 39.7.